The maximum atomic E-state index is 3.75. The Labute approximate surface area is 94.2 Å². The lowest BCUT2D eigenvalue weighted by molar-refractivity contribution is 0.432. The van der Waals surface area contributed by atoms with Crippen LogP contribution in [-0.4, -0.2) is 25.2 Å². The number of nitrogens with one attached hydrogen (secondary N) is 2. The molecule has 0 spiro atoms. The topological polar surface area (TPSA) is 24.1 Å². The summed E-state index contributed by atoms with van der Waals surface area (Å²) in [5.74, 6) is 0. The van der Waals surface area contributed by atoms with Crippen LogP contribution in [0.15, 0.2) is 0 Å². The summed E-state index contributed by atoms with van der Waals surface area (Å²) in [6, 6.07) is 1.64. The molecule has 1 atom stereocenters. The van der Waals surface area contributed by atoms with E-state index in [4.69, 9.17) is 0 Å². The smallest absolute Gasteiger partial charge is 0.00796 e. The molecule has 1 heterocycles. The van der Waals surface area contributed by atoms with Gasteiger partial charge in [-0.25, -0.2) is 0 Å². The molecule has 0 radical (unpaired) electrons. The van der Waals surface area contributed by atoms with Crippen molar-refractivity contribution in [3.8, 4) is 0 Å². The van der Waals surface area contributed by atoms with Gasteiger partial charge in [-0.2, -0.15) is 0 Å². The van der Waals surface area contributed by atoms with E-state index < -0.39 is 0 Å². The van der Waals surface area contributed by atoms with Crippen LogP contribution in [0.25, 0.3) is 0 Å². The summed E-state index contributed by atoms with van der Waals surface area (Å²) < 4.78 is 0. The van der Waals surface area contributed by atoms with Gasteiger partial charge in [-0.3, -0.25) is 0 Å². The van der Waals surface area contributed by atoms with E-state index in [1.807, 2.05) is 0 Å². The van der Waals surface area contributed by atoms with Gasteiger partial charge in [0.15, 0.2) is 0 Å². The van der Waals surface area contributed by atoms with Crippen molar-refractivity contribution >= 4 is 0 Å². The first-order valence-corrected chi connectivity index (χ1v) is 6.92. The fourth-order valence-corrected chi connectivity index (χ4v) is 2.95. The molecule has 2 fully saturated rings. The third-order valence-electron chi connectivity index (χ3n) is 3.94. The third kappa shape index (κ3) is 4.12. The molecule has 2 heteroatoms. The Hall–Kier alpha value is -0.0800. The van der Waals surface area contributed by atoms with Gasteiger partial charge in [0.05, 0.1) is 0 Å². The average Bonchev–Trinajstić information content (AvgIpc) is 2.62. The molecule has 2 N–H and O–H groups in total. The van der Waals surface area contributed by atoms with E-state index in [-0.39, 0.29) is 0 Å². The highest BCUT2D eigenvalue weighted by atomic mass is 15.0. The monoisotopic (exact) mass is 210 g/mol. The first-order chi connectivity index (χ1) is 7.45. The molecule has 0 aromatic carbocycles. The lowest BCUT2D eigenvalue weighted by atomic mass is 10.1. The minimum atomic E-state index is 0.809. The second-order valence-corrected chi connectivity index (χ2v) is 5.22. The SMILES string of the molecule is C1CCCC(NCCC2CCCN2)CC1. The van der Waals surface area contributed by atoms with Crippen molar-refractivity contribution in [1.29, 1.82) is 0 Å². The van der Waals surface area contributed by atoms with Crippen LogP contribution < -0.4 is 10.6 Å². The summed E-state index contributed by atoms with van der Waals surface area (Å²) in [6.07, 6.45) is 12.7. The van der Waals surface area contributed by atoms with Crippen LogP contribution in [0.5, 0.6) is 0 Å². The number of hydrogen-bond donors (Lipinski definition) is 2. The van der Waals surface area contributed by atoms with Crippen LogP contribution in [0.1, 0.15) is 57.8 Å². The molecule has 1 unspecified atom stereocenters. The second-order valence-electron chi connectivity index (χ2n) is 5.22. The second kappa shape index (κ2) is 6.49. The predicted octanol–water partition coefficient (Wildman–Crippen LogP) is 2.44. The molecule has 0 amide bonds. The van der Waals surface area contributed by atoms with Crippen molar-refractivity contribution in [2.75, 3.05) is 13.1 Å². The standard InChI is InChI=1S/C13H26N2/c1-2-4-7-12(6-3-1)15-11-9-13-8-5-10-14-13/h12-15H,1-11H2. The summed E-state index contributed by atoms with van der Waals surface area (Å²) in [6.45, 7) is 2.47. The minimum absolute atomic E-state index is 0.809. The van der Waals surface area contributed by atoms with E-state index in [9.17, 15) is 0 Å². The molecule has 2 aliphatic rings. The van der Waals surface area contributed by atoms with E-state index in [0.29, 0.717) is 0 Å². The summed E-state index contributed by atoms with van der Waals surface area (Å²) in [7, 11) is 0. The molecule has 1 saturated carbocycles. The Morgan fingerprint density at radius 2 is 1.73 bits per heavy atom. The molecule has 1 aliphatic heterocycles. The third-order valence-corrected chi connectivity index (χ3v) is 3.94. The van der Waals surface area contributed by atoms with Gasteiger partial charge < -0.3 is 10.6 Å². The van der Waals surface area contributed by atoms with Crippen molar-refractivity contribution in [3.05, 3.63) is 0 Å². The first kappa shape index (κ1) is 11.4. The van der Waals surface area contributed by atoms with Gasteiger partial charge in [-0.1, -0.05) is 25.7 Å². The fourth-order valence-electron chi connectivity index (χ4n) is 2.95. The van der Waals surface area contributed by atoms with E-state index in [0.717, 1.165) is 12.1 Å². The molecule has 0 bridgehead atoms. The fraction of sp³-hybridized carbons (Fsp3) is 1.00. The van der Waals surface area contributed by atoms with E-state index in [1.165, 1.54) is 70.9 Å². The quantitative estimate of drug-likeness (QED) is 0.696. The van der Waals surface area contributed by atoms with Crippen molar-refractivity contribution in [1.82, 2.24) is 10.6 Å². The van der Waals surface area contributed by atoms with Crippen LogP contribution in [-0.2, 0) is 0 Å². The van der Waals surface area contributed by atoms with Crippen LogP contribution in [0, 0.1) is 0 Å². The predicted molar refractivity (Wildman–Crippen MR) is 65.1 cm³/mol. The molecular weight excluding hydrogens is 184 g/mol. The molecule has 2 rings (SSSR count). The van der Waals surface area contributed by atoms with Crippen molar-refractivity contribution in [3.63, 3.8) is 0 Å². The molecule has 88 valence electrons. The van der Waals surface area contributed by atoms with Crippen LogP contribution in [0.3, 0.4) is 0 Å². The van der Waals surface area contributed by atoms with Crippen LogP contribution in [0.4, 0.5) is 0 Å². The van der Waals surface area contributed by atoms with Crippen molar-refractivity contribution in [2.24, 2.45) is 0 Å². The van der Waals surface area contributed by atoms with Crippen molar-refractivity contribution in [2.45, 2.75) is 69.9 Å². The van der Waals surface area contributed by atoms with E-state index in [1.54, 1.807) is 0 Å². The number of hydrogen-bond acceptors (Lipinski definition) is 2. The van der Waals surface area contributed by atoms with Gasteiger partial charge >= 0.3 is 0 Å². The van der Waals surface area contributed by atoms with E-state index >= 15 is 0 Å². The van der Waals surface area contributed by atoms with Gasteiger partial charge in [0, 0.05) is 12.1 Å². The first-order valence-electron chi connectivity index (χ1n) is 6.92. The molecule has 1 saturated heterocycles. The summed E-state index contributed by atoms with van der Waals surface area (Å²) >= 11 is 0. The molecule has 2 nitrogen and oxygen atoms in total. The molecule has 15 heavy (non-hydrogen) atoms. The maximum absolute atomic E-state index is 3.75. The Morgan fingerprint density at radius 1 is 0.933 bits per heavy atom. The normalized spacial score (nSPS) is 29.2. The van der Waals surface area contributed by atoms with Crippen molar-refractivity contribution < 1.29 is 0 Å². The Balaban J connectivity index is 1.55. The lowest BCUT2D eigenvalue weighted by Gasteiger charge is -2.17. The Kier molecular flexibility index (Phi) is 4.94. The van der Waals surface area contributed by atoms with Crippen LogP contribution in [0.2, 0.25) is 0 Å². The maximum Gasteiger partial charge on any atom is 0.00796 e. The molecule has 0 aromatic rings. The van der Waals surface area contributed by atoms with E-state index in [2.05, 4.69) is 10.6 Å². The average molecular weight is 210 g/mol. The Morgan fingerprint density at radius 3 is 2.40 bits per heavy atom. The summed E-state index contributed by atoms with van der Waals surface area (Å²) in [5.41, 5.74) is 0. The molecular formula is C13H26N2. The minimum Gasteiger partial charge on any atom is -0.314 e. The summed E-state index contributed by atoms with van der Waals surface area (Å²) in [4.78, 5) is 0. The van der Waals surface area contributed by atoms with Gasteiger partial charge in [0.1, 0.15) is 0 Å². The lowest BCUT2D eigenvalue weighted by Crippen LogP contribution is -2.33. The zero-order valence-electron chi connectivity index (χ0n) is 9.93. The van der Waals surface area contributed by atoms with Gasteiger partial charge in [0.2, 0.25) is 0 Å². The highest BCUT2D eigenvalue weighted by Gasteiger charge is 2.15. The van der Waals surface area contributed by atoms with Gasteiger partial charge in [0.25, 0.3) is 0 Å². The molecule has 0 aromatic heterocycles. The highest BCUT2D eigenvalue weighted by Crippen LogP contribution is 2.17. The Bertz CT molecular complexity index is 156. The zero-order chi connectivity index (χ0) is 10.3. The highest BCUT2D eigenvalue weighted by molar-refractivity contribution is 4.76. The van der Waals surface area contributed by atoms with Crippen LogP contribution >= 0.6 is 0 Å². The molecule has 1 aliphatic carbocycles. The van der Waals surface area contributed by atoms with Gasteiger partial charge in [-0.05, 0) is 45.2 Å². The zero-order valence-corrected chi connectivity index (χ0v) is 9.93. The van der Waals surface area contributed by atoms with Gasteiger partial charge in [-0.15, -0.1) is 0 Å². The number of rotatable bonds is 4. The summed E-state index contributed by atoms with van der Waals surface area (Å²) in [5, 5.41) is 7.32. The largest absolute Gasteiger partial charge is 0.314 e.